The summed E-state index contributed by atoms with van der Waals surface area (Å²) in [6.07, 6.45) is 8.41. The van der Waals surface area contributed by atoms with Crippen molar-refractivity contribution in [2.24, 2.45) is 10.9 Å². The molecule has 0 radical (unpaired) electrons. The maximum Gasteiger partial charge on any atom is 0.194 e. The van der Waals surface area contributed by atoms with E-state index in [0.717, 1.165) is 49.6 Å². The molecule has 2 aromatic rings. The SMILES string of the molecule is CN=C(NCc1nnc2n1CCCCC2)N1CCC(Cc2ccccc2)CC1. The van der Waals surface area contributed by atoms with Crippen LogP contribution in [0.3, 0.4) is 0 Å². The Morgan fingerprint density at radius 3 is 2.68 bits per heavy atom. The van der Waals surface area contributed by atoms with E-state index in [2.05, 4.69) is 60.3 Å². The molecule has 2 aliphatic heterocycles. The van der Waals surface area contributed by atoms with Crippen molar-refractivity contribution in [3.8, 4) is 0 Å². The predicted octanol–water partition coefficient (Wildman–Crippen LogP) is 3.03. The molecule has 1 N–H and O–H groups in total. The maximum absolute atomic E-state index is 4.52. The third-order valence-corrected chi connectivity index (χ3v) is 6.08. The Morgan fingerprint density at radius 1 is 1.07 bits per heavy atom. The number of likely N-dealkylation sites (tertiary alicyclic amines) is 1. The van der Waals surface area contributed by atoms with Crippen LogP contribution in [0.4, 0.5) is 0 Å². The topological polar surface area (TPSA) is 58.3 Å². The van der Waals surface area contributed by atoms with Crippen molar-refractivity contribution in [1.82, 2.24) is 25.0 Å². The second-order valence-electron chi connectivity index (χ2n) is 8.02. The molecule has 150 valence electrons. The molecule has 6 nitrogen and oxygen atoms in total. The summed E-state index contributed by atoms with van der Waals surface area (Å²) in [6.45, 7) is 3.87. The average Bonchev–Trinajstić information content (AvgIpc) is 2.96. The minimum atomic E-state index is 0.698. The molecular formula is C22H32N6. The van der Waals surface area contributed by atoms with Gasteiger partial charge >= 0.3 is 0 Å². The van der Waals surface area contributed by atoms with Crippen molar-refractivity contribution in [2.75, 3.05) is 20.1 Å². The summed E-state index contributed by atoms with van der Waals surface area (Å²) in [5, 5.41) is 12.4. The number of aryl methyl sites for hydroxylation is 1. The number of aromatic nitrogens is 3. The first-order valence-corrected chi connectivity index (χ1v) is 10.7. The van der Waals surface area contributed by atoms with E-state index < -0.39 is 0 Å². The highest BCUT2D eigenvalue weighted by Gasteiger charge is 2.22. The van der Waals surface area contributed by atoms with Gasteiger partial charge in [0.15, 0.2) is 11.8 Å². The van der Waals surface area contributed by atoms with Gasteiger partial charge in [0.1, 0.15) is 5.82 Å². The normalized spacial score (nSPS) is 18.6. The van der Waals surface area contributed by atoms with Crippen LogP contribution in [0, 0.1) is 5.92 Å². The summed E-state index contributed by atoms with van der Waals surface area (Å²) >= 11 is 0. The van der Waals surface area contributed by atoms with Crippen LogP contribution in [0.2, 0.25) is 0 Å². The molecule has 0 bridgehead atoms. The Balaban J connectivity index is 1.29. The van der Waals surface area contributed by atoms with E-state index in [4.69, 9.17) is 0 Å². The van der Waals surface area contributed by atoms with E-state index in [1.807, 2.05) is 7.05 Å². The van der Waals surface area contributed by atoms with E-state index >= 15 is 0 Å². The number of nitrogens with one attached hydrogen (secondary N) is 1. The fourth-order valence-electron chi connectivity index (χ4n) is 4.46. The molecule has 0 saturated carbocycles. The Bertz CT molecular complexity index is 774. The largest absolute Gasteiger partial charge is 0.349 e. The standard InChI is InChI=1S/C22H32N6/c1-23-22(24-17-21-26-25-20-10-6-3-7-13-28(20)21)27-14-11-19(12-15-27)16-18-8-4-2-5-9-18/h2,4-5,8-9,19H,3,6-7,10-17H2,1H3,(H,23,24). The van der Waals surface area contributed by atoms with Crippen molar-refractivity contribution < 1.29 is 0 Å². The zero-order valence-corrected chi connectivity index (χ0v) is 17.0. The van der Waals surface area contributed by atoms with E-state index in [1.54, 1.807) is 0 Å². The zero-order chi connectivity index (χ0) is 19.2. The van der Waals surface area contributed by atoms with Gasteiger partial charge in [-0.2, -0.15) is 0 Å². The van der Waals surface area contributed by atoms with Gasteiger partial charge in [-0.15, -0.1) is 10.2 Å². The fraction of sp³-hybridized carbons (Fsp3) is 0.591. The molecule has 4 rings (SSSR count). The lowest BCUT2D eigenvalue weighted by molar-refractivity contribution is 0.258. The highest BCUT2D eigenvalue weighted by molar-refractivity contribution is 5.79. The Kier molecular flexibility index (Phi) is 6.24. The molecule has 1 aromatic heterocycles. The van der Waals surface area contributed by atoms with Gasteiger partial charge in [-0.05, 0) is 43.6 Å². The van der Waals surface area contributed by atoms with Crippen LogP contribution in [0.1, 0.15) is 49.3 Å². The number of benzene rings is 1. The molecule has 0 atom stereocenters. The Labute approximate surface area is 168 Å². The number of hydrogen-bond donors (Lipinski definition) is 1. The van der Waals surface area contributed by atoms with Crippen LogP contribution in [0.15, 0.2) is 35.3 Å². The number of aliphatic imine (C=N–C) groups is 1. The second kappa shape index (κ2) is 9.22. The molecule has 1 aromatic carbocycles. The van der Waals surface area contributed by atoms with Gasteiger partial charge in [-0.3, -0.25) is 4.99 Å². The molecule has 1 fully saturated rings. The fourth-order valence-corrected chi connectivity index (χ4v) is 4.46. The van der Waals surface area contributed by atoms with Crippen LogP contribution in [-0.4, -0.2) is 45.8 Å². The lowest BCUT2D eigenvalue weighted by Crippen LogP contribution is -2.45. The third kappa shape index (κ3) is 4.54. The number of nitrogens with zero attached hydrogens (tertiary/aromatic N) is 5. The molecule has 6 heteroatoms. The van der Waals surface area contributed by atoms with Crippen LogP contribution >= 0.6 is 0 Å². The molecule has 1 saturated heterocycles. The van der Waals surface area contributed by atoms with Crippen LogP contribution in [0.25, 0.3) is 0 Å². The summed E-state index contributed by atoms with van der Waals surface area (Å²) in [7, 11) is 1.88. The van der Waals surface area contributed by atoms with Crippen LogP contribution in [0.5, 0.6) is 0 Å². The molecular weight excluding hydrogens is 348 g/mol. The first-order valence-electron chi connectivity index (χ1n) is 10.7. The molecule has 0 amide bonds. The van der Waals surface area contributed by atoms with Crippen LogP contribution in [-0.2, 0) is 25.9 Å². The molecule has 28 heavy (non-hydrogen) atoms. The second-order valence-corrected chi connectivity index (χ2v) is 8.02. The Morgan fingerprint density at radius 2 is 1.89 bits per heavy atom. The van der Waals surface area contributed by atoms with Gasteiger partial charge in [0.05, 0.1) is 6.54 Å². The number of fused-ring (bicyclic) bond motifs is 1. The van der Waals surface area contributed by atoms with E-state index in [9.17, 15) is 0 Å². The zero-order valence-electron chi connectivity index (χ0n) is 17.0. The number of hydrogen-bond acceptors (Lipinski definition) is 3. The summed E-state index contributed by atoms with van der Waals surface area (Å²) in [5.41, 5.74) is 1.45. The van der Waals surface area contributed by atoms with Crippen LogP contribution < -0.4 is 5.32 Å². The van der Waals surface area contributed by atoms with E-state index in [-0.39, 0.29) is 0 Å². The van der Waals surface area contributed by atoms with Gasteiger partial charge in [-0.25, -0.2) is 0 Å². The first kappa shape index (κ1) is 19.0. The van der Waals surface area contributed by atoms with Crippen molar-refractivity contribution in [1.29, 1.82) is 0 Å². The quantitative estimate of drug-likeness (QED) is 0.654. The van der Waals surface area contributed by atoms with Crippen molar-refractivity contribution in [2.45, 2.75) is 58.0 Å². The van der Waals surface area contributed by atoms with E-state index in [0.29, 0.717) is 6.54 Å². The van der Waals surface area contributed by atoms with Gasteiger partial charge in [0.25, 0.3) is 0 Å². The van der Waals surface area contributed by atoms with Gasteiger partial charge < -0.3 is 14.8 Å². The number of rotatable bonds is 4. The molecule has 0 spiro atoms. The minimum Gasteiger partial charge on any atom is -0.349 e. The lowest BCUT2D eigenvalue weighted by atomic mass is 9.90. The maximum atomic E-state index is 4.52. The Hall–Kier alpha value is -2.37. The lowest BCUT2D eigenvalue weighted by Gasteiger charge is -2.34. The monoisotopic (exact) mass is 380 g/mol. The molecule has 3 heterocycles. The summed E-state index contributed by atoms with van der Waals surface area (Å²) in [5.74, 6) is 3.94. The summed E-state index contributed by atoms with van der Waals surface area (Å²) in [4.78, 5) is 6.91. The van der Waals surface area contributed by atoms with Gasteiger partial charge in [0.2, 0.25) is 0 Å². The first-order chi connectivity index (χ1) is 13.8. The predicted molar refractivity (Wildman–Crippen MR) is 112 cm³/mol. The average molecular weight is 381 g/mol. The number of guanidine groups is 1. The van der Waals surface area contributed by atoms with Crippen molar-refractivity contribution >= 4 is 5.96 Å². The summed E-state index contributed by atoms with van der Waals surface area (Å²) < 4.78 is 2.30. The smallest absolute Gasteiger partial charge is 0.194 e. The highest BCUT2D eigenvalue weighted by Crippen LogP contribution is 2.22. The van der Waals surface area contributed by atoms with Gasteiger partial charge in [0, 0.05) is 33.1 Å². The van der Waals surface area contributed by atoms with E-state index in [1.165, 1.54) is 44.1 Å². The van der Waals surface area contributed by atoms with Gasteiger partial charge in [-0.1, -0.05) is 36.8 Å². The highest BCUT2D eigenvalue weighted by atomic mass is 15.3. The molecule has 0 aliphatic carbocycles. The minimum absolute atomic E-state index is 0.698. The molecule has 2 aliphatic rings. The third-order valence-electron chi connectivity index (χ3n) is 6.08. The van der Waals surface area contributed by atoms with Crippen molar-refractivity contribution in [3.05, 3.63) is 47.5 Å². The summed E-state index contributed by atoms with van der Waals surface area (Å²) in [6, 6.07) is 10.9. The van der Waals surface area contributed by atoms with Crippen molar-refractivity contribution in [3.63, 3.8) is 0 Å². The number of piperidine rings is 1. The molecule has 0 unspecified atom stereocenters.